The summed E-state index contributed by atoms with van der Waals surface area (Å²) >= 11 is 0. The Morgan fingerprint density at radius 3 is 1.86 bits per heavy atom. The highest BCUT2D eigenvalue weighted by Crippen LogP contribution is 2.29. The highest BCUT2D eigenvalue weighted by Gasteiger charge is 2.20. The topological polar surface area (TPSA) is 46.5 Å². The summed E-state index contributed by atoms with van der Waals surface area (Å²) in [5.41, 5.74) is 2.85. The number of hydrogen-bond acceptors (Lipinski definition) is 3. The minimum atomic E-state index is -2.52. The van der Waals surface area contributed by atoms with Gasteiger partial charge < -0.3 is 9.84 Å². The van der Waals surface area contributed by atoms with Crippen LogP contribution in [0, 0.1) is 0 Å². The van der Waals surface area contributed by atoms with Crippen LogP contribution in [0.5, 0.6) is 11.5 Å². The van der Waals surface area contributed by atoms with Crippen molar-refractivity contribution < 1.29 is 27.8 Å². The van der Waals surface area contributed by atoms with Crippen LogP contribution < -0.4 is 4.74 Å². The molecule has 0 atom stereocenters. The lowest BCUT2D eigenvalue weighted by molar-refractivity contribution is -0.112. The number of benzene rings is 2. The molecule has 28 heavy (non-hydrogen) atoms. The van der Waals surface area contributed by atoms with Crippen LogP contribution in [-0.4, -0.2) is 10.9 Å². The number of allylic oxidation sites excluding steroid dienone is 2. The number of halogens is 3. The third kappa shape index (κ3) is 4.91. The number of phenolic OH excluding ortho intramolecular Hbond substituents is 1. The normalized spacial score (nSPS) is 17.0. The van der Waals surface area contributed by atoms with E-state index in [1.807, 2.05) is 6.08 Å². The lowest BCUT2D eigenvalue weighted by atomic mass is 9.87. The fourth-order valence-electron chi connectivity index (χ4n) is 2.93. The summed E-state index contributed by atoms with van der Waals surface area (Å²) in [6.45, 7) is 0. The second-order valence-corrected chi connectivity index (χ2v) is 6.32. The second kappa shape index (κ2) is 8.61. The van der Waals surface area contributed by atoms with Crippen LogP contribution in [0.4, 0.5) is 13.2 Å². The molecular weight excluding hydrogens is 369 g/mol. The Labute approximate surface area is 160 Å². The Morgan fingerprint density at radius 2 is 1.36 bits per heavy atom. The van der Waals surface area contributed by atoms with Crippen molar-refractivity contribution >= 4 is 17.9 Å². The molecule has 1 aliphatic carbocycles. The molecule has 0 spiro atoms. The summed E-state index contributed by atoms with van der Waals surface area (Å²) in [4.78, 5) is 12.7. The van der Waals surface area contributed by atoms with E-state index in [-0.39, 0.29) is 17.3 Å². The van der Waals surface area contributed by atoms with Gasteiger partial charge in [-0.2, -0.15) is 13.2 Å². The smallest absolute Gasteiger partial charge is 0.344 e. The van der Waals surface area contributed by atoms with E-state index in [0.29, 0.717) is 29.6 Å². The minimum absolute atomic E-state index is 0.0480. The SMILES string of the molecule is O=C1C(=Cc2ccc(O)cc2)CCCC1=Cc1ccc(OC(F)=C(F)F)cc1. The first kappa shape index (κ1) is 19.5. The zero-order valence-corrected chi connectivity index (χ0v) is 14.8. The lowest BCUT2D eigenvalue weighted by Gasteiger charge is -2.16. The van der Waals surface area contributed by atoms with Gasteiger partial charge in [0.1, 0.15) is 11.5 Å². The average molecular weight is 386 g/mol. The molecule has 3 nitrogen and oxygen atoms in total. The van der Waals surface area contributed by atoms with Crippen molar-refractivity contribution in [2.24, 2.45) is 0 Å². The summed E-state index contributed by atoms with van der Waals surface area (Å²) in [6, 6.07) is 10.5. The van der Waals surface area contributed by atoms with Crippen LogP contribution in [0.15, 0.2) is 71.8 Å². The molecule has 0 amide bonds. The predicted octanol–water partition coefficient (Wildman–Crippen LogP) is 6.03. The molecule has 0 aliphatic heterocycles. The number of phenols is 1. The van der Waals surface area contributed by atoms with Crippen molar-refractivity contribution in [1.29, 1.82) is 0 Å². The molecule has 1 fully saturated rings. The molecule has 6 heteroatoms. The highest BCUT2D eigenvalue weighted by molar-refractivity contribution is 6.13. The second-order valence-electron chi connectivity index (χ2n) is 6.32. The molecule has 1 aliphatic rings. The van der Waals surface area contributed by atoms with Crippen LogP contribution >= 0.6 is 0 Å². The van der Waals surface area contributed by atoms with Gasteiger partial charge in [0.2, 0.25) is 0 Å². The van der Waals surface area contributed by atoms with Crippen molar-refractivity contribution in [3.05, 3.63) is 82.9 Å². The van der Waals surface area contributed by atoms with Gasteiger partial charge in [-0.25, -0.2) is 0 Å². The van der Waals surface area contributed by atoms with E-state index in [2.05, 4.69) is 4.74 Å². The number of ether oxygens (including phenoxy) is 1. The van der Waals surface area contributed by atoms with E-state index >= 15 is 0 Å². The molecular formula is C22H17F3O3. The van der Waals surface area contributed by atoms with Gasteiger partial charge in [0.05, 0.1) is 0 Å². The van der Waals surface area contributed by atoms with E-state index in [9.17, 15) is 23.1 Å². The molecule has 1 saturated carbocycles. The van der Waals surface area contributed by atoms with Crippen LogP contribution in [0.3, 0.4) is 0 Å². The average Bonchev–Trinajstić information content (AvgIpc) is 2.68. The summed E-state index contributed by atoms with van der Waals surface area (Å²) < 4.78 is 41.3. The zero-order valence-electron chi connectivity index (χ0n) is 14.8. The van der Waals surface area contributed by atoms with Gasteiger partial charge in [-0.05, 0) is 66.8 Å². The Hall–Kier alpha value is -3.28. The van der Waals surface area contributed by atoms with E-state index < -0.39 is 12.1 Å². The standard InChI is InChI=1S/C22H17F3O3/c23-21(24)22(25)28-19-10-6-15(7-11-19)13-17-3-1-2-16(20(17)27)12-14-4-8-18(26)9-5-14/h4-13,26H,1-3H2. The van der Waals surface area contributed by atoms with E-state index in [1.54, 1.807) is 42.5 Å². The van der Waals surface area contributed by atoms with Crippen LogP contribution in [0.1, 0.15) is 30.4 Å². The van der Waals surface area contributed by atoms with Gasteiger partial charge in [-0.3, -0.25) is 4.79 Å². The molecule has 0 aromatic heterocycles. The molecule has 0 unspecified atom stereocenters. The monoisotopic (exact) mass is 386 g/mol. The van der Waals surface area contributed by atoms with Crippen molar-refractivity contribution in [2.45, 2.75) is 19.3 Å². The van der Waals surface area contributed by atoms with Crippen molar-refractivity contribution in [3.8, 4) is 11.5 Å². The maximum absolute atomic E-state index is 12.8. The first-order chi connectivity index (χ1) is 13.4. The number of rotatable bonds is 4. The first-order valence-corrected chi connectivity index (χ1v) is 8.66. The highest BCUT2D eigenvalue weighted by atomic mass is 19.3. The van der Waals surface area contributed by atoms with E-state index in [1.165, 1.54) is 12.1 Å². The number of ketones is 1. The first-order valence-electron chi connectivity index (χ1n) is 8.66. The predicted molar refractivity (Wildman–Crippen MR) is 100 cm³/mol. The number of aromatic hydroxyl groups is 1. The molecule has 0 radical (unpaired) electrons. The number of Topliss-reactive ketones (excluding diaryl/α,β-unsaturated/α-hetero) is 1. The van der Waals surface area contributed by atoms with Crippen LogP contribution in [0.2, 0.25) is 0 Å². The Balaban J connectivity index is 1.77. The van der Waals surface area contributed by atoms with Gasteiger partial charge in [-0.15, -0.1) is 0 Å². The summed E-state index contributed by atoms with van der Waals surface area (Å²) in [6.07, 6.45) is 3.16. The van der Waals surface area contributed by atoms with Gasteiger partial charge in [0.25, 0.3) is 0 Å². The summed E-state index contributed by atoms with van der Waals surface area (Å²) in [5, 5.41) is 9.35. The fraction of sp³-hybridized carbons (Fsp3) is 0.136. The molecule has 1 N–H and O–H groups in total. The Bertz CT molecular complexity index is 952. The van der Waals surface area contributed by atoms with Crippen molar-refractivity contribution in [3.63, 3.8) is 0 Å². The minimum Gasteiger partial charge on any atom is -0.508 e. The van der Waals surface area contributed by atoms with Gasteiger partial charge in [-0.1, -0.05) is 24.3 Å². The van der Waals surface area contributed by atoms with Crippen molar-refractivity contribution in [2.75, 3.05) is 0 Å². The van der Waals surface area contributed by atoms with Gasteiger partial charge in [0.15, 0.2) is 5.78 Å². The van der Waals surface area contributed by atoms with Gasteiger partial charge in [0, 0.05) is 11.1 Å². The quantitative estimate of drug-likeness (QED) is 0.516. The van der Waals surface area contributed by atoms with Gasteiger partial charge >= 0.3 is 12.1 Å². The van der Waals surface area contributed by atoms with E-state index in [0.717, 1.165) is 12.0 Å². The molecule has 0 bridgehead atoms. The molecule has 2 aromatic carbocycles. The zero-order chi connectivity index (χ0) is 20.1. The largest absolute Gasteiger partial charge is 0.508 e. The number of carbonyl (C=O) groups excluding carboxylic acids is 1. The third-order valence-corrected chi connectivity index (χ3v) is 4.29. The Kier molecular flexibility index (Phi) is 5.99. The number of carbonyl (C=O) groups is 1. The Morgan fingerprint density at radius 1 is 0.857 bits per heavy atom. The maximum atomic E-state index is 12.8. The van der Waals surface area contributed by atoms with Crippen LogP contribution in [-0.2, 0) is 4.79 Å². The maximum Gasteiger partial charge on any atom is 0.344 e. The van der Waals surface area contributed by atoms with E-state index in [4.69, 9.17) is 0 Å². The van der Waals surface area contributed by atoms with Crippen molar-refractivity contribution in [1.82, 2.24) is 0 Å². The lowest BCUT2D eigenvalue weighted by Crippen LogP contribution is -2.12. The molecule has 0 saturated heterocycles. The third-order valence-electron chi connectivity index (χ3n) is 4.29. The molecule has 2 aromatic rings. The molecule has 0 heterocycles. The number of hydrogen-bond donors (Lipinski definition) is 1. The van der Waals surface area contributed by atoms with Crippen LogP contribution in [0.25, 0.3) is 12.2 Å². The molecule has 144 valence electrons. The molecule has 3 rings (SSSR count). The fourth-order valence-corrected chi connectivity index (χ4v) is 2.93. The summed E-state index contributed by atoms with van der Waals surface area (Å²) in [5.74, 6) is 0.0539. The summed E-state index contributed by atoms with van der Waals surface area (Å²) in [7, 11) is 0.